The smallest absolute Gasteiger partial charge is 0.105 e. The third kappa shape index (κ3) is 11.7. The van der Waals surface area contributed by atoms with Gasteiger partial charge in [0, 0.05) is 7.11 Å². The van der Waals surface area contributed by atoms with Crippen molar-refractivity contribution in [2.75, 3.05) is 7.11 Å². The molecule has 0 aliphatic carbocycles. The summed E-state index contributed by atoms with van der Waals surface area (Å²) in [5.41, 5.74) is 0. The zero-order chi connectivity index (χ0) is 10.5. The second-order valence-corrected chi connectivity index (χ2v) is 3.71. The molecule has 0 aromatic heterocycles. The molecule has 0 aliphatic rings. The Morgan fingerprint density at radius 3 is 2.21 bits per heavy atom. The number of methoxy groups -OCH3 is 1. The van der Waals surface area contributed by atoms with E-state index in [1.165, 1.54) is 51.4 Å². The third-order valence-corrected chi connectivity index (χ3v) is 2.33. The van der Waals surface area contributed by atoms with Gasteiger partial charge in [0.15, 0.2) is 0 Å². The van der Waals surface area contributed by atoms with Crippen molar-refractivity contribution in [2.45, 2.75) is 58.3 Å². The average Bonchev–Trinajstić information content (AvgIpc) is 2.21. The van der Waals surface area contributed by atoms with Gasteiger partial charge in [-0.3, -0.25) is 0 Å². The Bertz CT molecular complexity index is 118. The standard InChI is InChI=1S/C13H25O/c1-3-4-5-6-7-8-9-10-11-12-13-14-2/h11-13H,3-10H2,1-2H3. The van der Waals surface area contributed by atoms with Gasteiger partial charge in [0.25, 0.3) is 0 Å². The molecule has 14 heavy (non-hydrogen) atoms. The topological polar surface area (TPSA) is 9.23 Å². The summed E-state index contributed by atoms with van der Waals surface area (Å²) in [4.78, 5) is 0. The molecule has 0 N–H and O–H groups in total. The normalized spacial score (nSPS) is 11.3. The number of unbranched alkanes of at least 4 members (excludes halogenated alkanes) is 7. The van der Waals surface area contributed by atoms with Gasteiger partial charge in [0.2, 0.25) is 0 Å². The van der Waals surface area contributed by atoms with Crippen LogP contribution in [0.5, 0.6) is 0 Å². The molecular weight excluding hydrogens is 172 g/mol. The van der Waals surface area contributed by atoms with Gasteiger partial charge in [0.05, 0.1) is 0 Å². The summed E-state index contributed by atoms with van der Waals surface area (Å²) in [5, 5.41) is 0. The van der Waals surface area contributed by atoms with E-state index >= 15 is 0 Å². The molecule has 0 aliphatic heterocycles. The van der Waals surface area contributed by atoms with Gasteiger partial charge in [-0.15, -0.1) is 0 Å². The van der Waals surface area contributed by atoms with E-state index in [1.54, 1.807) is 13.7 Å². The summed E-state index contributed by atoms with van der Waals surface area (Å²) in [6.07, 6.45) is 15.0. The molecule has 0 spiro atoms. The van der Waals surface area contributed by atoms with E-state index in [9.17, 15) is 0 Å². The van der Waals surface area contributed by atoms with E-state index < -0.39 is 0 Å². The van der Waals surface area contributed by atoms with Gasteiger partial charge < -0.3 is 4.74 Å². The minimum atomic E-state index is 1.19. The molecule has 0 saturated carbocycles. The predicted octanol–water partition coefficient (Wildman–Crippen LogP) is 4.49. The molecular formula is C13H25O. The predicted molar refractivity (Wildman–Crippen MR) is 63.1 cm³/mol. The maximum absolute atomic E-state index is 4.80. The monoisotopic (exact) mass is 197 g/mol. The summed E-state index contributed by atoms with van der Waals surface area (Å²) in [5.74, 6) is 0. The Morgan fingerprint density at radius 2 is 1.57 bits per heavy atom. The van der Waals surface area contributed by atoms with Crippen molar-refractivity contribution in [3.8, 4) is 0 Å². The molecule has 0 rings (SSSR count). The molecule has 0 saturated heterocycles. The Kier molecular flexibility index (Phi) is 12.4. The van der Waals surface area contributed by atoms with Crippen molar-refractivity contribution in [1.29, 1.82) is 0 Å². The summed E-state index contributed by atoms with van der Waals surface area (Å²) < 4.78 is 4.80. The maximum Gasteiger partial charge on any atom is 0.105 e. The molecule has 1 radical (unpaired) electrons. The quantitative estimate of drug-likeness (QED) is 0.469. The molecule has 0 aromatic carbocycles. The average molecular weight is 197 g/mol. The van der Waals surface area contributed by atoms with Crippen molar-refractivity contribution in [3.63, 3.8) is 0 Å². The van der Waals surface area contributed by atoms with Crippen LogP contribution in [0, 0.1) is 6.61 Å². The lowest BCUT2D eigenvalue weighted by molar-refractivity contribution is 0.296. The molecule has 0 atom stereocenters. The van der Waals surface area contributed by atoms with Gasteiger partial charge in [0.1, 0.15) is 6.61 Å². The van der Waals surface area contributed by atoms with E-state index in [4.69, 9.17) is 4.74 Å². The highest BCUT2D eigenvalue weighted by atomic mass is 16.5. The first-order chi connectivity index (χ1) is 6.91. The van der Waals surface area contributed by atoms with Crippen LogP contribution >= 0.6 is 0 Å². The van der Waals surface area contributed by atoms with E-state index in [-0.39, 0.29) is 0 Å². The van der Waals surface area contributed by atoms with E-state index in [2.05, 4.69) is 13.0 Å². The highest BCUT2D eigenvalue weighted by Crippen LogP contribution is 2.08. The Morgan fingerprint density at radius 1 is 0.929 bits per heavy atom. The summed E-state index contributed by atoms with van der Waals surface area (Å²) in [7, 11) is 1.68. The number of hydrogen-bond donors (Lipinski definition) is 0. The summed E-state index contributed by atoms with van der Waals surface area (Å²) >= 11 is 0. The molecule has 0 bridgehead atoms. The van der Waals surface area contributed by atoms with Crippen molar-refractivity contribution in [3.05, 3.63) is 18.8 Å². The van der Waals surface area contributed by atoms with Crippen LogP contribution in [0.1, 0.15) is 58.3 Å². The second-order valence-electron chi connectivity index (χ2n) is 3.71. The zero-order valence-corrected chi connectivity index (χ0v) is 9.80. The van der Waals surface area contributed by atoms with Crippen LogP contribution in [-0.4, -0.2) is 7.11 Å². The molecule has 1 nitrogen and oxygen atoms in total. The van der Waals surface area contributed by atoms with Crippen LogP contribution in [0.3, 0.4) is 0 Å². The van der Waals surface area contributed by atoms with E-state index in [1.807, 2.05) is 6.08 Å². The van der Waals surface area contributed by atoms with E-state index in [0.717, 1.165) is 0 Å². The molecule has 0 fully saturated rings. The van der Waals surface area contributed by atoms with Crippen LogP contribution in [0.4, 0.5) is 0 Å². The highest BCUT2D eigenvalue weighted by molar-refractivity contribution is 4.88. The maximum atomic E-state index is 4.80. The SMILES string of the molecule is CCCCCCCCCC=C[CH]OC. The summed E-state index contributed by atoms with van der Waals surface area (Å²) in [6.45, 7) is 3.98. The zero-order valence-electron chi connectivity index (χ0n) is 9.80. The molecule has 0 heterocycles. The number of hydrogen-bond acceptors (Lipinski definition) is 1. The first-order valence-corrected chi connectivity index (χ1v) is 5.93. The molecule has 0 aromatic rings. The minimum absolute atomic E-state index is 1.19. The van der Waals surface area contributed by atoms with Crippen molar-refractivity contribution < 1.29 is 4.74 Å². The van der Waals surface area contributed by atoms with Crippen molar-refractivity contribution in [2.24, 2.45) is 0 Å². The largest absolute Gasteiger partial charge is 0.374 e. The van der Waals surface area contributed by atoms with Crippen LogP contribution in [0.25, 0.3) is 0 Å². The lowest BCUT2D eigenvalue weighted by Gasteiger charge is -1.98. The molecule has 0 unspecified atom stereocenters. The van der Waals surface area contributed by atoms with E-state index in [0.29, 0.717) is 0 Å². The molecule has 0 amide bonds. The first-order valence-electron chi connectivity index (χ1n) is 5.93. The van der Waals surface area contributed by atoms with Gasteiger partial charge in [-0.25, -0.2) is 0 Å². The number of allylic oxidation sites excluding steroid dienone is 1. The third-order valence-electron chi connectivity index (χ3n) is 2.33. The lowest BCUT2D eigenvalue weighted by Crippen LogP contribution is -1.79. The van der Waals surface area contributed by atoms with Crippen LogP contribution < -0.4 is 0 Å². The van der Waals surface area contributed by atoms with Crippen molar-refractivity contribution >= 4 is 0 Å². The minimum Gasteiger partial charge on any atom is -0.374 e. The van der Waals surface area contributed by atoms with Gasteiger partial charge in [-0.2, -0.15) is 0 Å². The Labute approximate surface area is 89.5 Å². The molecule has 83 valence electrons. The summed E-state index contributed by atoms with van der Waals surface area (Å²) in [6, 6.07) is 0. The lowest BCUT2D eigenvalue weighted by atomic mass is 10.1. The highest BCUT2D eigenvalue weighted by Gasteiger charge is 1.88. The van der Waals surface area contributed by atoms with Crippen LogP contribution in [0.2, 0.25) is 0 Å². The Hall–Kier alpha value is -0.300. The number of rotatable bonds is 10. The fourth-order valence-corrected chi connectivity index (χ4v) is 1.45. The second kappa shape index (κ2) is 12.7. The van der Waals surface area contributed by atoms with Gasteiger partial charge in [-0.1, -0.05) is 57.6 Å². The van der Waals surface area contributed by atoms with Gasteiger partial charge >= 0.3 is 0 Å². The van der Waals surface area contributed by atoms with Gasteiger partial charge in [-0.05, 0) is 12.8 Å². The molecule has 1 heteroatoms. The van der Waals surface area contributed by atoms with Crippen LogP contribution in [-0.2, 0) is 4.74 Å². The van der Waals surface area contributed by atoms with Crippen LogP contribution in [0.15, 0.2) is 12.2 Å². The van der Waals surface area contributed by atoms with Crippen molar-refractivity contribution in [1.82, 2.24) is 0 Å². The fourth-order valence-electron chi connectivity index (χ4n) is 1.45. The Balaban J connectivity index is 2.91. The number of ether oxygens (including phenoxy) is 1. The fraction of sp³-hybridized carbons (Fsp3) is 0.769. The first kappa shape index (κ1) is 13.7.